The van der Waals surface area contributed by atoms with Gasteiger partial charge in [0.15, 0.2) is 0 Å². The van der Waals surface area contributed by atoms with Gasteiger partial charge in [0.2, 0.25) is 0 Å². The second-order valence-corrected chi connectivity index (χ2v) is 4.34. The maximum absolute atomic E-state index is 5.34. The molecule has 0 fully saturated rings. The van der Waals surface area contributed by atoms with Gasteiger partial charge in [-0.25, -0.2) is 0 Å². The molecule has 1 unspecified atom stereocenters. The number of nitrogens with one attached hydrogen (secondary N) is 1. The van der Waals surface area contributed by atoms with Crippen molar-refractivity contribution in [1.82, 2.24) is 0 Å². The number of benzene rings is 2. The Balaban J connectivity index is 2.18. The van der Waals surface area contributed by atoms with Crippen molar-refractivity contribution in [1.29, 1.82) is 0 Å². The zero-order chi connectivity index (χ0) is 13.7. The minimum atomic E-state index is 0.173. The summed E-state index contributed by atoms with van der Waals surface area (Å²) in [4.78, 5) is 0. The number of rotatable bonds is 5. The highest BCUT2D eigenvalue weighted by molar-refractivity contribution is 5.57. The fourth-order valence-corrected chi connectivity index (χ4v) is 1.99. The highest BCUT2D eigenvalue weighted by atomic mass is 16.5. The third kappa shape index (κ3) is 3.19. The van der Waals surface area contributed by atoms with Crippen molar-refractivity contribution in [2.75, 3.05) is 19.5 Å². The Kier molecular flexibility index (Phi) is 4.29. The Hall–Kier alpha value is -2.16. The Morgan fingerprint density at radius 3 is 2.47 bits per heavy atom. The van der Waals surface area contributed by atoms with E-state index in [9.17, 15) is 0 Å². The molecule has 1 N–H and O–H groups in total. The standard InChI is InChI=1S/C16H19NO2/c1-12(13-7-6-8-14(11-13)18-2)17-15-9-4-5-10-16(15)19-3/h4-12,17H,1-3H3. The Labute approximate surface area is 114 Å². The molecule has 0 radical (unpaired) electrons. The lowest BCUT2D eigenvalue weighted by Crippen LogP contribution is -2.07. The molecule has 100 valence electrons. The van der Waals surface area contributed by atoms with Crippen LogP contribution in [0.5, 0.6) is 11.5 Å². The number of ether oxygens (including phenoxy) is 2. The van der Waals surface area contributed by atoms with Gasteiger partial charge in [0, 0.05) is 6.04 Å². The zero-order valence-corrected chi connectivity index (χ0v) is 11.5. The number of methoxy groups -OCH3 is 2. The zero-order valence-electron chi connectivity index (χ0n) is 11.5. The van der Waals surface area contributed by atoms with Crippen molar-refractivity contribution in [2.45, 2.75) is 13.0 Å². The van der Waals surface area contributed by atoms with Gasteiger partial charge in [0.05, 0.1) is 19.9 Å². The largest absolute Gasteiger partial charge is 0.497 e. The molecule has 2 aromatic rings. The SMILES string of the molecule is COc1cccc(C(C)Nc2ccccc2OC)c1. The summed E-state index contributed by atoms with van der Waals surface area (Å²) in [6.07, 6.45) is 0. The molecule has 3 heteroatoms. The molecule has 0 amide bonds. The third-order valence-corrected chi connectivity index (χ3v) is 3.07. The third-order valence-electron chi connectivity index (χ3n) is 3.07. The highest BCUT2D eigenvalue weighted by Gasteiger charge is 2.09. The molecular weight excluding hydrogens is 238 g/mol. The van der Waals surface area contributed by atoms with Gasteiger partial charge in [-0.05, 0) is 36.8 Å². The average molecular weight is 257 g/mol. The van der Waals surface area contributed by atoms with E-state index in [1.54, 1.807) is 14.2 Å². The van der Waals surface area contributed by atoms with Crippen molar-refractivity contribution in [3.63, 3.8) is 0 Å². The maximum Gasteiger partial charge on any atom is 0.141 e. The Morgan fingerprint density at radius 2 is 1.74 bits per heavy atom. The lowest BCUT2D eigenvalue weighted by molar-refractivity contribution is 0.413. The monoisotopic (exact) mass is 257 g/mol. The van der Waals surface area contributed by atoms with Crippen molar-refractivity contribution < 1.29 is 9.47 Å². The quantitative estimate of drug-likeness (QED) is 0.881. The fraction of sp³-hybridized carbons (Fsp3) is 0.250. The molecular formula is C16H19NO2. The second-order valence-electron chi connectivity index (χ2n) is 4.34. The molecule has 0 aliphatic carbocycles. The van der Waals surface area contributed by atoms with Gasteiger partial charge in [0.25, 0.3) is 0 Å². The summed E-state index contributed by atoms with van der Waals surface area (Å²) in [6.45, 7) is 2.11. The summed E-state index contributed by atoms with van der Waals surface area (Å²) >= 11 is 0. The first-order valence-electron chi connectivity index (χ1n) is 6.28. The van der Waals surface area contributed by atoms with E-state index >= 15 is 0 Å². The molecule has 3 nitrogen and oxygen atoms in total. The fourth-order valence-electron chi connectivity index (χ4n) is 1.99. The first-order chi connectivity index (χ1) is 9.24. The summed E-state index contributed by atoms with van der Waals surface area (Å²) in [7, 11) is 3.36. The van der Waals surface area contributed by atoms with E-state index in [-0.39, 0.29) is 6.04 Å². The van der Waals surface area contributed by atoms with Crippen LogP contribution in [0.3, 0.4) is 0 Å². The molecule has 1 atom stereocenters. The van der Waals surface area contributed by atoms with Crippen LogP contribution in [0.1, 0.15) is 18.5 Å². The van der Waals surface area contributed by atoms with Gasteiger partial charge in [-0.3, -0.25) is 0 Å². The number of hydrogen-bond donors (Lipinski definition) is 1. The van der Waals surface area contributed by atoms with Gasteiger partial charge >= 0.3 is 0 Å². The van der Waals surface area contributed by atoms with Gasteiger partial charge in [-0.2, -0.15) is 0 Å². The predicted octanol–water partition coefficient (Wildman–Crippen LogP) is 3.88. The van der Waals surface area contributed by atoms with Crippen LogP contribution in [0, 0.1) is 0 Å². The first-order valence-corrected chi connectivity index (χ1v) is 6.28. The second kappa shape index (κ2) is 6.14. The van der Waals surface area contributed by atoms with E-state index in [0.29, 0.717) is 0 Å². The first kappa shape index (κ1) is 13.3. The van der Waals surface area contributed by atoms with Crippen molar-refractivity contribution >= 4 is 5.69 Å². The van der Waals surface area contributed by atoms with E-state index < -0.39 is 0 Å². The Bertz CT molecular complexity index is 540. The van der Waals surface area contributed by atoms with Crippen molar-refractivity contribution in [3.05, 3.63) is 54.1 Å². The molecule has 0 saturated heterocycles. The van der Waals surface area contributed by atoms with E-state index in [2.05, 4.69) is 18.3 Å². The van der Waals surface area contributed by atoms with E-state index in [1.807, 2.05) is 42.5 Å². The Morgan fingerprint density at radius 1 is 0.947 bits per heavy atom. The summed E-state index contributed by atoms with van der Waals surface area (Å²) in [6, 6.07) is 16.1. The van der Waals surface area contributed by atoms with E-state index in [4.69, 9.17) is 9.47 Å². The van der Waals surface area contributed by atoms with E-state index in [1.165, 1.54) is 5.56 Å². The molecule has 2 rings (SSSR count). The van der Waals surface area contributed by atoms with Crippen molar-refractivity contribution in [2.24, 2.45) is 0 Å². The molecule has 0 heterocycles. The van der Waals surface area contributed by atoms with Crippen molar-refractivity contribution in [3.8, 4) is 11.5 Å². The summed E-state index contributed by atoms with van der Waals surface area (Å²) in [5.41, 5.74) is 2.16. The van der Waals surface area contributed by atoms with Crippen LogP contribution in [0.4, 0.5) is 5.69 Å². The van der Waals surface area contributed by atoms with Gasteiger partial charge < -0.3 is 14.8 Å². The topological polar surface area (TPSA) is 30.5 Å². The van der Waals surface area contributed by atoms with Gasteiger partial charge in [-0.1, -0.05) is 24.3 Å². The van der Waals surface area contributed by atoms with Crippen LogP contribution < -0.4 is 14.8 Å². The normalized spacial score (nSPS) is 11.7. The molecule has 0 spiro atoms. The van der Waals surface area contributed by atoms with Gasteiger partial charge in [0.1, 0.15) is 11.5 Å². The summed E-state index contributed by atoms with van der Waals surface area (Å²) in [5, 5.41) is 3.45. The number of anilines is 1. The smallest absolute Gasteiger partial charge is 0.141 e. The van der Waals surface area contributed by atoms with Gasteiger partial charge in [-0.15, -0.1) is 0 Å². The minimum Gasteiger partial charge on any atom is -0.497 e. The molecule has 0 saturated carbocycles. The average Bonchev–Trinajstić information content (AvgIpc) is 2.47. The van der Waals surface area contributed by atoms with Crippen LogP contribution in [-0.4, -0.2) is 14.2 Å². The lowest BCUT2D eigenvalue weighted by atomic mass is 10.1. The minimum absolute atomic E-state index is 0.173. The summed E-state index contributed by atoms with van der Waals surface area (Å²) < 4.78 is 10.6. The van der Waals surface area contributed by atoms with Crippen LogP contribution in [0.25, 0.3) is 0 Å². The van der Waals surface area contributed by atoms with E-state index in [0.717, 1.165) is 17.2 Å². The number of hydrogen-bond acceptors (Lipinski definition) is 3. The van der Waals surface area contributed by atoms with Crippen LogP contribution in [0.2, 0.25) is 0 Å². The molecule has 0 aliphatic heterocycles. The van der Waals surface area contributed by atoms with Crippen LogP contribution in [0.15, 0.2) is 48.5 Å². The molecule has 0 aromatic heterocycles. The molecule has 0 bridgehead atoms. The maximum atomic E-state index is 5.34. The molecule has 2 aromatic carbocycles. The molecule has 0 aliphatic rings. The summed E-state index contributed by atoms with van der Waals surface area (Å²) in [5.74, 6) is 1.71. The number of para-hydroxylation sites is 2. The molecule has 19 heavy (non-hydrogen) atoms. The van der Waals surface area contributed by atoms with Crippen LogP contribution >= 0.6 is 0 Å². The highest BCUT2D eigenvalue weighted by Crippen LogP contribution is 2.28. The lowest BCUT2D eigenvalue weighted by Gasteiger charge is -2.18. The predicted molar refractivity (Wildman–Crippen MR) is 78.0 cm³/mol. The van der Waals surface area contributed by atoms with Crippen LogP contribution in [-0.2, 0) is 0 Å².